The number of carbonyl (C=O) groups excluding carboxylic acids is 1. The fourth-order valence-corrected chi connectivity index (χ4v) is 2.71. The van der Waals surface area contributed by atoms with E-state index < -0.39 is 5.97 Å². The third kappa shape index (κ3) is 5.00. The molecule has 1 atom stereocenters. The summed E-state index contributed by atoms with van der Waals surface area (Å²) in [4.78, 5) is 16.7. The molecule has 1 rings (SSSR count). The molecule has 0 aromatic carbocycles. The van der Waals surface area contributed by atoms with E-state index >= 15 is 0 Å². The Morgan fingerprint density at radius 2 is 2.10 bits per heavy atom. The number of esters is 1. The Balaban J connectivity index is 3.14. The number of hydrogen-bond acceptors (Lipinski definition) is 4. The van der Waals surface area contributed by atoms with Crippen LogP contribution in [-0.4, -0.2) is 24.3 Å². The SMILES string of the molecule is CCOC(=O)C(C#N)=C1CC(=NC(C)CC)CC(C)(C)C1. The number of nitriles is 1. The fraction of sp³-hybridized carbons (Fsp3) is 0.706. The quantitative estimate of drug-likeness (QED) is 0.449. The van der Waals surface area contributed by atoms with Gasteiger partial charge in [-0.05, 0) is 44.1 Å². The number of carbonyl (C=O) groups is 1. The van der Waals surface area contributed by atoms with Crippen LogP contribution in [0.3, 0.4) is 0 Å². The maximum Gasteiger partial charge on any atom is 0.348 e. The highest BCUT2D eigenvalue weighted by Crippen LogP contribution is 2.38. The zero-order valence-electron chi connectivity index (χ0n) is 13.8. The molecule has 1 unspecified atom stereocenters. The number of hydrogen-bond donors (Lipinski definition) is 0. The number of rotatable bonds is 4. The molecule has 4 nitrogen and oxygen atoms in total. The van der Waals surface area contributed by atoms with Crippen LogP contribution in [0.4, 0.5) is 0 Å². The molecule has 116 valence electrons. The summed E-state index contributed by atoms with van der Waals surface area (Å²) in [6.45, 7) is 10.5. The van der Waals surface area contributed by atoms with Gasteiger partial charge in [-0.1, -0.05) is 20.8 Å². The zero-order valence-corrected chi connectivity index (χ0v) is 13.8. The van der Waals surface area contributed by atoms with Crippen LogP contribution in [0.5, 0.6) is 0 Å². The maximum atomic E-state index is 11.9. The second kappa shape index (κ2) is 7.40. The van der Waals surface area contributed by atoms with Gasteiger partial charge in [0.15, 0.2) is 0 Å². The van der Waals surface area contributed by atoms with Crippen LogP contribution >= 0.6 is 0 Å². The topological polar surface area (TPSA) is 62.5 Å². The van der Waals surface area contributed by atoms with E-state index in [2.05, 4.69) is 27.7 Å². The molecule has 0 spiro atoms. The molecule has 0 amide bonds. The van der Waals surface area contributed by atoms with Crippen LogP contribution in [0.1, 0.15) is 60.3 Å². The highest BCUT2D eigenvalue weighted by atomic mass is 16.5. The molecule has 0 aliphatic heterocycles. The molecule has 21 heavy (non-hydrogen) atoms. The molecule has 0 aromatic rings. The van der Waals surface area contributed by atoms with Gasteiger partial charge in [-0.25, -0.2) is 4.79 Å². The van der Waals surface area contributed by atoms with Gasteiger partial charge in [0.1, 0.15) is 11.6 Å². The first kappa shape index (κ1) is 17.4. The van der Waals surface area contributed by atoms with Crippen molar-refractivity contribution in [2.75, 3.05) is 6.61 Å². The molecule has 1 aliphatic carbocycles. The molecule has 4 heteroatoms. The summed E-state index contributed by atoms with van der Waals surface area (Å²) in [5, 5.41) is 9.31. The highest BCUT2D eigenvalue weighted by molar-refractivity contribution is 5.97. The fourth-order valence-electron chi connectivity index (χ4n) is 2.71. The minimum atomic E-state index is -0.504. The van der Waals surface area contributed by atoms with E-state index in [0.29, 0.717) is 6.42 Å². The van der Waals surface area contributed by atoms with Crippen LogP contribution in [0.15, 0.2) is 16.1 Å². The Morgan fingerprint density at radius 1 is 1.43 bits per heavy atom. The lowest BCUT2D eigenvalue weighted by atomic mass is 9.73. The third-order valence-electron chi connectivity index (χ3n) is 3.73. The molecule has 0 saturated heterocycles. The van der Waals surface area contributed by atoms with E-state index in [-0.39, 0.29) is 23.6 Å². The number of ether oxygens (including phenoxy) is 1. The Bertz CT molecular complexity index is 495. The van der Waals surface area contributed by atoms with Crippen molar-refractivity contribution in [3.63, 3.8) is 0 Å². The van der Waals surface area contributed by atoms with Crippen molar-refractivity contribution in [2.45, 2.75) is 66.3 Å². The van der Waals surface area contributed by atoms with Crippen molar-refractivity contribution in [3.8, 4) is 6.07 Å². The Kier molecular flexibility index (Phi) is 6.14. The Labute approximate surface area is 127 Å². The van der Waals surface area contributed by atoms with E-state index in [1.807, 2.05) is 6.07 Å². The summed E-state index contributed by atoms with van der Waals surface area (Å²) < 4.78 is 4.99. The molecular formula is C17H26N2O2. The lowest BCUT2D eigenvalue weighted by Crippen LogP contribution is -2.27. The summed E-state index contributed by atoms with van der Waals surface area (Å²) in [6, 6.07) is 2.31. The van der Waals surface area contributed by atoms with Gasteiger partial charge >= 0.3 is 5.97 Å². The molecule has 0 heterocycles. The second-order valence-corrected chi connectivity index (χ2v) is 6.46. The lowest BCUT2D eigenvalue weighted by Gasteiger charge is -2.33. The molecule has 1 fully saturated rings. The second-order valence-electron chi connectivity index (χ2n) is 6.46. The van der Waals surface area contributed by atoms with Crippen LogP contribution in [0, 0.1) is 16.7 Å². The normalized spacial score (nSPS) is 23.3. The molecule has 1 aliphatic rings. The van der Waals surface area contributed by atoms with Crippen molar-refractivity contribution in [3.05, 3.63) is 11.1 Å². The van der Waals surface area contributed by atoms with E-state index in [1.54, 1.807) is 6.92 Å². The smallest absolute Gasteiger partial charge is 0.348 e. The summed E-state index contributed by atoms with van der Waals surface area (Å²) >= 11 is 0. The highest BCUT2D eigenvalue weighted by Gasteiger charge is 2.31. The molecular weight excluding hydrogens is 264 g/mol. The van der Waals surface area contributed by atoms with Crippen molar-refractivity contribution in [1.29, 1.82) is 5.26 Å². The number of nitrogens with zero attached hydrogens (tertiary/aromatic N) is 2. The van der Waals surface area contributed by atoms with Crippen molar-refractivity contribution < 1.29 is 9.53 Å². The average Bonchev–Trinajstić information content (AvgIpc) is 2.37. The average molecular weight is 290 g/mol. The van der Waals surface area contributed by atoms with Crippen LogP contribution < -0.4 is 0 Å². The summed E-state index contributed by atoms with van der Waals surface area (Å²) in [5.74, 6) is -0.504. The van der Waals surface area contributed by atoms with Crippen molar-refractivity contribution >= 4 is 11.7 Å². The van der Waals surface area contributed by atoms with Crippen LogP contribution in [0.2, 0.25) is 0 Å². The van der Waals surface area contributed by atoms with E-state index in [9.17, 15) is 10.1 Å². The maximum absolute atomic E-state index is 11.9. The van der Waals surface area contributed by atoms with Crippen LogP contribution in [-0.2, 0) is 9.53 Å². The Morgan fingerprint density at radius 3 is 2.62 bits per heavy atom. The number of allylic oxidation sites excluding steroid dienone is 1. The Hall–Kier alpha value is -1.63. The van der Waals surface area contributed by atoms with E-state index in [1.165, 1.54) is 0 Å². The molecule has 0 N–H and O–H groups in total. The van der Waals surface area contributed by atoms with Gasteiger partial charge in [0.05, 0.1) is 6.61 Å². The summed E-state index contributed by atoms with van der Waals surface area (Å²) in [5.41, 5.74) is 2.15. The standard InChI is InChI=1S/C17H26N2O2/c1-6-12(3)19-14-8-13(9-17(4,5)10-14)15(11-18)16(20)21-7-2/h12H,6-10H2,1-5H3. The first-order valence-corrected chi connectivity index (χ1v) is 7.67. The number of aliphatic imine (C=N–C) groups is 1. The summed E-state index contributed by atoms with van der Waals surface area (Å²) in [6.07, 6.45) is 3.28. The van der Waals surface area contributed by atoms with Gasteiger partial charge in [-0.3, -0.25) is 4.99 Å². The van der Waals surface area contributed by atoms with Crippen molar-refractivity contribution in [1.82, 2.24) is 0 Å². The largest absolute Gasteiger partial charge is 0.462 e. The predicted octanol–water partition coefficient (Wildman–Crippen LogP) is 3.82. The zero-order chi connectivity index (χ0) is 16.0. The van der Waals surface area contributed by atoms with Gasteiger partial charge < -0.3 is 4.74 Å². The lowest BCUT2D eigenvalue weighted by molar-refractivity contribution is -0.138. The predicted molar refractivity (Wildman–Crippen MR) is 84.1 cm³/mol. The van der Waals surface area contributed by atoms with Gasteiger partial charge in [0.2, 0.25) is 0 Å². The molecule has 0 bridgehead atoms. The van der Waals surface area contributed by atoms with E-state index in [4.69, 9.17) is 9.73 Å². The van der Waals surface area contributed by atoms with Crippen molar-refractivity contribution in [2.24, 2.45) is 10.4 Å². The molecule has 0 radical (unpaired) electrons. The first-order valence-electron chi connectivity index (χ1n) is 7.67. The minimum Gasteiger partial charge on any atom is -0.462 e. The monoisotopic (exact) mass is 290 g/mol. The van der Waals surface area contributed by atoms with Gasteiger partial charge in [0.25, 0.3) is 0 Å². The van der Waals surface area contributed by atoms with Gasteiger partial charge in [0, 0.05) is 18.2 Å². The first-order chi connectivity index (χ1) is 9.82. The molecule has 1 saturated carbocycles. The molecule has 0 aromatic heterocycles. The van der Waals surface area contributed by atoms with E-state index in [0.717, 1.165) is 30.5 Å². The van der Waals surface area contributed by atoms with Gasteiger partial charge in [-0.2, -0.15) is 5.26 Å². The van der Waals surface area contributed by atoms with Crippen LogP contribution in [0.25, 0.3) is 0 Å². The van der Waals surface area contributed by atoms with Gasteiger partial charge in [-0.15, -0.1) is 0 Å². The minimum absolute atomic E-state index is 0.0223. The third-order valence-corrected chi connectivity index (χ3v) is 3.73. The summed E-state index contributed by atoms with van der Waals surface area (Å²) in [7, 11) is 0.